The first-order valence-corrected chi connectivity index (χ1v) is 6.30. The molecule has 0 aliphatic carbocycles. The molecule has 1 aromatic carbocycles. The predicted molar refractivity (Wildman–Crippen MR) is 69.6 cm³/mol. The second kappa shape index (κ2) is 8.17. The highest BCUT2D eigenvalue weighted by molar-refractivity contribution is 5.44. The molecular weight excluding hydrogens is 198 g/mol. The van der Waals surface area contributed by atoms with Crippen LogP contribution >= 0.6 is 0 Å². The Balaban J connectivity index is 2.12. The third kappa shape index (κ3) is 5.17. The summed E-state index contributed by atoms with van der Waals surface area (Å²) in [5.74, 6) is 0. The van der Waals surface area contributed by atoms with Gasteiger partial charge in [0.25, 0.3) is 0 Å². The molecular formula is C14H23NO. The van der Waals surface area contributed by atoms with Crippen LogP contribution in [0.5, 0.6) is 0 Å². The number of nitrogens with one attached hydrogen (secondary N) is 1. The maximum Gasteiger partial charge on any atom is 0.0681 e. The second-order valence-corrected chi connectivity index (χ2v) is 4.20. The summed E-state index contributed by atoms with van der Waals surface area (Å²) < 4.78 is 0. The lowest BCUT2D eigenvalue weighted by Gasteiger charge is -2.06. The van der Waals surface area contributed by atoms with Crippen molar-refractivity contribution in [3.05, 3.63) is 29.8 Å². The Morgan fingerprint density at radius 3 is 2.31 bits per heavy atom. The van der Waals surface area contributed by atoms with E-state index in [1.54, 1.807) is 0 Å². The first kappa shape index (κ1) is 13.0. The number of rotatable bonds is 8. The van der Waals surface area contributed by atoms with Crippen molar-refractivity contribution >= 4 is 5.69 Å². The van der Waals surface area contributed by atoms with E-state index in [0.717, 1.165) is 17.8 Å². The number of hydrogen-bond acceptors (Lipinski definition) is 2. The van der Waals surface area contributed by atoms with Crippen LogP contribution in [-0.4, -0.2) is 11.7 Å². The zero-order valence-corrected chi connectivity index (χ0v) is 10.2. The van der Waals surface area contributed by atoms with Gasteiger partial charge in [-0.15, -0.1) is 0 Å². The molecule has 0 aliphatic rings. The Bertz CT molecular complexity index is 269. The van der Waals surface area contributed by atoms with E-state index in [1.165, 1.54) is 32.1 Å². The van der Waals surface area contributed by atoms with Crippen molar-refractivity contribution in [3.63, 3.8) is 0 Å². The van der Waals surface area contributed by atoms with E-state index >= 15 is 0 Å². The van der Waals surface area contributed by atoms with E-state index in [9.17, 15) is 0 Å². The van der Waals surface area contributed by atoms with Gasteiger partial charge in [-0.05, 0) is 24.1 Å². The van der Waals surface area contributed by atoms with E-state index in [4.69, 9.17) is 5.11 Å². The molecule has 0 fully saturated rings. The molecule has 90 valence electrons. The SMILES string of the molecule is CCCCCCCNc1ccc(CO)cc1. The minimum atomic E-state index is 0.122. The van der Waals surface area contributed by atoms with E-state index in [1.807, 2.05) is 24.3 Å². The van der Waals surface area contributed by atoms with Crippen LogP contribution in [0.1, 0.15) is 44.6 Å². The molecule has 0 atom stereocenters. The summed E-state index contributed by atoms with van der Waals surface area (Å²) in [6.45, 7) is 3.40. The number of unbranched alkanes of at least 4 members (excludes halogenated alkanes) is 4. The Morgan fingerprint density at radius 2 is 1.69 bits per heavy atom. The molecule has 0 bridgehead atoms. The summed E-state index contributed by atoms with van der Waals surface area (Å²) in [4.78, 5) is 0. The van der Waals surface area contributed by atoms with Gasteiger partial charge in [0.1, 0.15) is 0 Å². The Hall–Kier alpha value is -1.02. The molecule has 2 nitrogen and oxygen atoms in total. The van der Waals surface area contributed by atoms with Crippen LogP contribution in [0.3, 0.4) is 0 Å². The van der Waals surface area contributed by atoms with Crippen LogP contribution in [0.4, 0.5) is 5.69 Å². The van der Waals surface area contributed by atoms with Gasteiger partial charge in [0, 0.05) is 12.2 Å². The molecule has 0 radical (unpaired) electrons. The van der Waals surface area contributed by atoms with Crippen molar-refractivity contribution in [1.29, 1.82) is 0 Å². The highest BCUT2D eigenvalue weighted by atomic mass is 16.3. The van der Waals surface area contributed by atoms with Crippen LogP contribution in [0.15, 0.2) is 24.3 Å². The monoisotopic (exact) mass is 221 g/mol. The van der Waals surface area contributed by atoms with Crippen molar-refractivity contribution < 1.29 is 5.11 Å². The lowest BCUT2D eigenvalue weighted by molar-refractivity contribution is 0.282. The van der Waals surface area contributed by atoms with Gasteiger partial charge in [0.05, 0.1) is 6.61 Å². The minimum absolute atomic E-state index is 0.122. The normalized spacial score (nSPS) is 10.4. The van der Waals surface area contributed by atoms with Crippen molar-refractivity contribution in [1.82, 2.24) is 0 Å². The van der Waals surface area contributed by atoms with Gasteiger partial charge in [0.2, 0.25) is 0 Å². The van der Waals surface area contributed by atoms with Gasteiger partial charge in [0.15, 0.2) is 0 Å². The molecule has 0 aliphatic heterocycles. The molecule has 16 heavy (non-hydrogen) atoms. The zero-order chi connectivity index (χ0) is 11.6. The summed E-state index contributed by atoms with van der Waals surface area (Å²) in [6, 6.07) is 7.97. The fraction of sp³-hybridized carbons (Fsp3) is 0.571. The summed E-state index contributed by atoms with van der Waals surface area (Å²) in [5.41, 5.74) is 2.11. The van der Waals surface area contributed by atoms with Crippen LogP contribution in [0.2, 0.25) is 0 Å². The Kier molecular flexibility index (Phi) is 6.66. The topological polar surface area (TPSA) is 32.3 Å². The minimum Gasteiger partial charge on any atom is -0.392 e. The van der Waals surface area contributed by atoms with Gasteiger partial charge in [-0.25, -0.2) is 0 Å². The van der Waals surface area contributed by atoms with Gasteiger partial charge >= 0.3 is 0 Å². The lowest BCUT2D eigenvalue weighted by atomic mass is 10.1. The summed E-state index contributed by atoms with van der Waals surface area (Å²) in [6.07, 6.45) is 6.56. The molecule has 0 amide bonds. The smallest absolute Gasteiger partial charge is 0.0681 e. The average molecular weight is 221 g/mol. The van der Waals surface area contributed by atoms with E-state index in [0.29, 0.717) is 0 Å². The first-order chi connectivity index (χ1) is 7.86. The molecule has 1 aromatic rings. The molecule has 2 heteroatoms. The third-order valence-corrected chi connectivity index (χ3v) is 2.75. The highest BCUT2D eigenvalue weighted by Gasteiger charge is 1.93. The van der Waals surface area contributed by atoms with Crippen molar-refractivity contribution in [2.45, 2.75) is 45.6 Å². The van der Waals surface area contributed by atoms with Gasteiger partial charge in [-0.3, -0.25) is 0 Å². The first-order valence-electron chi connectivity index (χ1n) is 6.30. The average Bonchev–Trinajstić information content (AvgIpc) is 2.34. The Labute approximate surface area is 98.7 Å². The summed E-state index contributed by atoms with van der Waals surface area (Å²) >= 11 is 0. The molecule has 0 spiro atoms. The fourth-order valence-corrected chi connectivity index (χ4v) is 1.69. The third-order valence-electron chi connectivity index (χ3n) is 2.75. The van der Waals surface area contributed by atoms with Gasteiger partial charge in [-0.2, -0.15) is 0 Å². The van der Waals surface area contributed by atoms with E-state index in [-0.39, 0.29) is 6.61 Å². The fourth-order valence-electron chi connectivity index (χ4n) is 1.69. The molecule has 0 aromatic heterocycles. The molecule has 0 unspecified atom stereocenters. The number of hydrogen-bond donors (Lipinski definition) is 2. The highest BCUT2D eigenvalue weighted by Crippen LogP contribution is 2.10. The Morgan fingerprint density at radius 1 is 1.00 bits per heavy atom. The van der Waals surface area contributed by atoms with E-state index in [2.05, 4.69) is 12.2 Å². The number of benzene rings is 1. The van der Waals surface area contributed by atoms with Crippen LogP contribution in [-0.2, 0) is 6.61 Å². The van der Waals surface area contributed by atoms with Crippen molar-refractivity contribution in [2.24, 2.45) is 0 Å². The van der Waals surface area contributed by atoms with Gasteiger partial charge < -0.3 is 10.4 Å². The van der Waals surface area contributed by atoms with Crippen LogP contribution in [0.25, 0.3) is 0 Å². The zero-order valence-electron chi connectivity index (χ0n) is 10.2. The van der Waals surface area contributed by atoms with Crippen LogP contribution in [0, 0.1) is 0 Å². The van der Waals surface area contributed by atoms with Crippen LogP contribution < -0.4 is 5.32 Å². The number of aliphatic hydroxyl groups excluding tert-OH is 1. The molecule has 0 heterocycles. The van der Waals surface area contributed by atoms with Crippen molar-refractivity contribution in [3.8, 4) is 0 Å². The quantitative estimate of drug-likeness (QED) is 0.658. The molecule has 0 saturated heterocycles. The maximum absolute atomic E-state index is 8.90. The second-order valence-electron chi connectivity index (χ2n) is 4.20. The standard InChI is InChI=1S/C14H23NO/c1-2-3-4-5-6-11-15-14-9-7-13(12-16)8-10-14/h7-10,15-16H,2-6,11-12H2,1H3. The number of aliphatic hydroxyl groups is 1. The van der Waals surface area contributed by atoms with Gasteiger partial charge in [-0.1, -0.05) is 44.7 Å². The largest absolute Gasteiger partial charge is 0.392 e. The maximum atomic E-state index is 8.90. The van der Waals surface area contributed by atoms with Crippen molar-refractivity contribution in [2.75, 3.05) is 11.9 Å². The van der Waals surface area contributed by atoms with E-state index < -0.39 is 0 Å². The molecule has 1 rings (SSSR count). The lowest BCUT2D eigenvalue weighted by Crippen LogP contribution is -2.01. The molecule has 2 N–H and O–H groups in total. The summed E-state index contributed by atoms with van der Waals surface area (Å²) in [7, 11) is 0. The summed E-state index contributed by atoms with van der Waals surface area (Å²) in [5, 5.41) is 12.3. The number of anilines is 1. The molecule has 0 saturated carbocycles. The predicted octanol–water partition coefficient (Wildman–Crippen LogP) is 3.56.